The van der Waals surface area contributed by atoms with E-state index in [0.717, 1.165) is 4.57 Å². The maximum absolute atomic E-state index is 12.6. The number of rotatable bonds is 7. The molecule has 140 valence electrons. The monoisotopic (exact) mass is 360 g/mol. The molecule has 0 radical (unpaired) electrons. The highest BCUT2D eigenvalue weighted by Crippen LogP contribution is 2.07. The van der Waals surface area contributed by atoms with Crippen molar-refractivity contribution in [3.8, 4) is 0 Å². The molecule has 0 saturated carbocycles. The predicted molar refractivity (Wildman–Crippen MR) is 99.0 cm³/mol. The Morgan fingerprint density at radius 2 is 1.69 bits per heavy atom. The van der Waals surface area contributed by atoms with Crippen molar-refractivity contribution in [1.82, 2.24) is 19.8 Å². The minimum Gasteiger partial charge on any atom is -0.354 e. The summed E-state index contributed by atoms with van der Waals surface area (Å²) in [6.07, 6.45) is 0. The Balaban J connectivity index is 2.15. The zero-order valence-electron chi connectivity index (χ0n) is 15.2. The summed E-state index contributed by atoms with van der Waals surface area (Å²) < 4.78 is 2.40. The largest absolute Gasteiger partial charge is 0.354 e. The van der Waals surface area contributed by atoms with Crippen LogP contribution in [-0.2, 0) is 22.7 Å². The summed E-state index contributed by atoms with van der Waals surface area (Å²) in [6.45, 7) is 5.88. The molecule has 0 fully saturated rings. The lowest BCUT2D eigenvalue weighted by Gasteiger charge is -2.13. The van der Waals surface area contributed by atoms with Gasteiger partial charge in [-0.25, -0.2) is 4.79 Å². The van der Waals surface area contributed by atoms with Crippen molar-refractivity contribution in [2.75, 3.05) is 13.1 Å². The first-order valence-corrected chi connectivity index (χ1v) is 8.63. The van der Waals surface area contributed by atoms with Crippen molar-refractivity contribution in [2.24, 2.45) is 5.92 Å². The van der Waals surface area contributed by atoms with E-state index in [0.29, 0.717) is 17.4 Å². The van der Waals surface area contributed by atoms with Gasteiger partial charge in [0.2, 0.25) is 11.8 Å². The van der Waals surface area contributed by atoms with Gasteiger partial charge in [0, 0.05) is 25.6 Å². The van der Waals surface area contributed by atoms with Crippen molar-refractivity contribution in [2.45, 2.75) is 33.9 Å². The number of benzene rings is 1. The molecule has 8 nitrogen and oxygen atoms in total. The molecule has 1 heterocycles. The summed E-state index contributed by atoms with van der Waals surface area (Å²) in [4.78, 5) is 48.6. The second-order valence-corrected chi connectivity index (χ2v) is 6.23. The Labute approximate surface area is 150 Å². The van der Waals surface area contributed by atoms with E-state index in [1.165, 1.54) is 4.57 Å². The quantitative estimate of drug-likeness (QED) is 0.682. The third-order valence-electron chi connectivity index (χ3n) is 4.02. The van der Waals surface area contributed by atoms with Crippen LogP contribution in [0.2, 0.25) is 0 Å². The molecule has 0 aliphatic carbocycles. The first-order chi connectivity index (χ1) is 12.4. The Morgan fingerprint density at radius 1 is 1.04 bits per heavy atom. The predicted octanol–water partition coefficient (Wildman–Crippen LogP) is 0.0715. The van der Waals surface area contributed by atoms with Gasteiger partial charge in [-0.2, -0.15) is 0 Å². The average molecular weight is 360 g/mol. The number of amides is 2. The van der Waals surface area contributed by atoms with Crippen molar-refractivity contribution >= 4 is 22.7 Å². The molecule has 1 aromatic carbocycles. The molecule has 2 N–H and O–H groups in total. The third-order valence-corrected chi connectivity index (χ3v) is 4.02. The first-order valence-electron chi connectivity index (χ1n) is 8.63. The van der Waals surface area contributed by atoms with E-state index in [-0.39, 0.29) is 42.9 Å². The Hall–Kier alpha value is -2.90. The number of hydrogen-bond donors (Lipinski definition) is 2. The number of fused-ring (bicyclic) bond motifs is 1. The zero-order chi connectivity index (χ0) is 19.3. The van der Waals surface area contributed by atoms with Gasteiger partial charge in [-0.1, -0.05) is 26.0 Å². The number of nitrogens with zero attached hydrogens (tertiary/aromatic N) is 2. The summed E-state index contributed by atoms with van der Waals surface area (Å²) in [6, 6.07) is 6.72. The number of carbonyl (C=O) groups excluding carboxylic acids is 2. The molecule has 2 rings (SSSR count). The average Bonchev–Trinajstić information content (AvgIpc) is 2.62. The fraction of sp³-hybridized carbons (Fsp3) is 0.444. The molecule has 0 spiro atoms. The van der Waals surface area contributed by atoms with E-state index < -0.39 is 5.69 Å². The summed E-state index contributed by atoms with van der Waals surface area (Å²) in [7, 11) is 0. The van der Waals surface area contributed by atoms with E-state index in [4.69, 9.17) is 0 Å². The molecule has 0 atom stereocenters. The van der Waals surface area contributed by atoms with Crippen molar-refractivity contribution in [3.05, 3.63) is 45.1 Å². The molecule has 1 aromatic heterocycles. The lowest BCUT2D eigenvalue weighted by atomic mass is 10.2. The van der Waals surface area contributed by atoms with Crippen LogP contribution in [0.25, 0.3) is 10.9 Å². The molecule has 0 aliphatic heterocycles. The van der Waals surface area contributed by atoms with Gasteiger partial charge < -0.3 is 10.6 Å². The van der Waals surface area contributed by atoms with Crippen molar-refractivity contribution in [1.29, 1.82) is 0 Å². The highest BCUT2D eigenvalue weighted by molar-refractivity contribution is 5.81. The van der Waals surface area contributed by atoms with E-state index in [1.54, 1.807) is 45.0 Å². The standard InChI is InChI=1S/C18H24N4O4/c1-4-21-17(25)13-7-5-6-8-14(13)22(18(21)26)11-15(23)19-9-10-20-16(24)12(2)3/h5-8,12H,4,9-11H2,1-3H3,(H,19,23)(H,20,24). The number of hydrogen-bond acceptors (Lipinski definition) is 4. The lowest BCUT2D eigenvalue weighted by Crippen LogP contribution is -2.43. The Bertz CT molecular complexity index is 927. The van der Waals surface area contributed by atoms with Crippen LogP contribution in [-0.4, -0.2) is 34.0 Å². The third kappa shape index (κ3) is 4.19. The van der Waals surface area contributed by atoms with Crippen LogP contribution >= 0.6 is 0 Å². The second kappa shape index (κ2) is 8.46. The molecule has 0 bridgehead atoms. The lowest BCUT2D eigenvalue weighted by molar-refractivity contribution is -0.124. The summed E-state index contributed by atoms with van der Waals surface area (Å²) in [5.41, 5.74) is -0.448. The van der Waals surface area contributed by atoms with Gasteiger partial charge in [-0.3, -0.25) is 23.5 Å². The second-order valence-electron chi connectivity index (χ2n) is 6.23. The Kier molecular flexibility index (Phi) is 6.32. The molecule has 2 aromatic rings. The van der Waals surface area contributed by atoms with Gasteiger partial charge in [0.05, 0.1) is 10.9 Å². The van der Waals surface area contributed by atoms with Crippen molar-refractivity contribution in [3.63, 3.8) is 0 Å². The molecule has 0 unspecified atom stereocenters. The fourth-order valence-corrected chi connectivity index (χ4v) is 2.59. The molecule has 26 heavy (non-hydrogen) atoms. The normalized spacial score (nSPS) is 10.9. The van der Waals surface area contributed by atoms with E-state index >= 15 is 0 Å². The van der Waals surface area contributed by atoms with Gasteiger partial charge in [-0.15, -0.1) is 0 Å². The van der Waals surface area contributed by atoms with Crippen LogP contribution in [0.3, 0.4) is 0 Å². The fourth-order valence-electron chi connectivity index (χ4n) is 2.59. The number of aromatic nitrogens is 2. The maximum atomic E-state index is 12.6. The minimum absolute atomic E-state index is 0.0866. The minimum atomic E-state index is -0.514. The molecule has 2 amide bonds. The van der Waals surface area contributed by atoms with E-state index in [1.807, 2.05) is 0 Å². The molecular formula is C18H24N4O4. The topological polar surface area (TPSA) is 102 Å². The number of nitrogens with one attached hydrogen (secondary N) is 2. The van der Waals surface area contributed by atoms with Crippen LogP contribution in [0.1, 0.15) is 20.8 Å². The highest BCUT2D eigenvalue weighted by atomic mass is 16.2. The van der Waals surface area contributed by atoms with Crippen LogP contribution in [0.4, 0.5) is 0 Å². The van der Waals surface area contributed by atoms with Crippen LogP contribution in [0.5, 0.6) is 0 Å². The van der Waals surface area contributed by atoms with Gasteiger partial charge in [-0.05, 0) is 19.1 Å². The maximum Gasteiger partial charge on any atom is 0.331 e. The SMILES string of the molecule is CCn1c(=O)c2ccccc2n(CC(=O)NCCNC(=O)C(C)C)c1=O. The van der Waals surface area contributed by atoms with Gasteiger partial charge >= 0.3 is 5.69 Å². The Morgan fingerprint density at radius 3 is 2.35 bits per heavy atom. The zero-order valence-corrected chi connectivity index (χ0v) is 15.2. The van der Waals surface area contributed by atoms with Crippen LogP contribution < -0.4 is 21.9 Å². The van der Waals surface area contributed by atoms with Gasteiger partial charge in [0.1, 0.15) is 6.54 Å². The first kappa shape index (κ1) is 19.4. The number of carbonyl (C=O) groups is 2. The molecule has 8 heteroatoms. The van der Waals surface area contributed by atoms with Crippen LogP contribution in [0, 0.1) is 5.92 Å². The smallest absolute Gasteiger partial charge is 0.331 e. The summed E-state index contributed by atoms with van der Waals surface area (Å²) in [5.74, 6) is -0.570. The summed E-state index contributed by atoms with van der Waals surface area (Å²) in [5, 5.41) is 5.76. The number of para-hydroxylation sites is 1. The highest BCUT2D eigenvalue weighted by Gasteiger charge is 2.14. The van der Waals surface area contributed by atoms with Gasteiger partial charge in [0.25, 0.3) is 5.56 Å². The molecule has 0 saturated heterocycles. The van der Waals surface area contributed by atoms with E-state index in [2.05, 4.69) is 10.6 Å². The summed E-state index contributed by atoms with van der Waals surface area (Å²) >= 11 is 0. The van der Waals surface area contributed by atoms with E-state index in [9.17, 15) is 19.2 Å². The van der Waals surface area contributed by atoms with Crippen LogP contribution in [0.15, 0.2) is 33.9 Å². The van der Waals surface area contributed by atoms with Gasteiger partial charge in [0.15, 0.2) is 0 Å². The molecule has 0 aliphatic rings. The van der Waals surface area contributed by atoms with Crippen molar-refractivity contribution < 1.29 is 9.59 Å². The molecular weight excluding hydrogens is 336 g/mol.